The molecular formula is C12H16BrFO2S. The third kappa shape index (κ3) is 5.38. The van der Waals surface area contributed by atoms with Crippen LogP contribution in [-0.2, 0) is 9.47 Å². The van der Waals surface area contributed by atoms with Gasteiger partial charge in [0, 0.05) is 28.3 Å². The third-order valence-electron chi connectivity index (χ3n) is 1.97. The van der Waals surface area contributed by atoms with Gasteiger partial charge in [0.1, 0.15) is 5.82 Å². The molecule has 5 heteroatoms. The van der Waals surface area contributed by atoms with E-state index in [2.05, 4.69) is 15.9 Å². The number of benzene rings is 1. The molecule has 1 aromatic rings. The van der Waals surface area contributed by atoms with E-state index in [1.807, 2.05) is 13.8 Å². The molecule has 0 bridgehead atoms. The smallest absolute Gasteiger partial charge is 0.166 e. The van der Waals surface area contributed by atoms with Crippen molar-refractivity contribution in [2.75, 3.05) is 19.0 Å². The van der Waals surface area contributed by atoms with Crippen molar-refractivity contribution < 1.29 is 13.9 Å². The molecule has 0 fully saturated rings. The molecule has 0 amide bonds. The standard InChI is InChI=1S/C12H16BrFO2S/c1-3-15-12(16-4-2)8-17-11-6-5-9(14)7-10(11)13/h5-7,12H,3-4,8H2,1-2H3. The van der Waals surface area contributed by atoms with Crippen molar-refractivity contribution in [3.8, 4) is 0 Å². The van der Waals surface area contributed by atoms with Crippen LogP contribution in [0.5, 0.6) is 0 Å². The van der Waals surface area contributed by atoms with E-state index in [0.717, 1.165) is 9.37 Å². The van der Waals surface area contributed by atoms with E-state index >= 15 is 0 Å². The van der Waals surface area contributed by atoms with Crippen molar-refractivity contribution in [3.05, 3.63) is 28.5 Å². The molecule has 0 spiro atoms. The van der Waals surface area contributed by atoms with Crippen LogP contribution in [0.4, 0.5) is 4.39 Å². The summed E-state index contributed by atoms with van der Waals surface area (Å²) < 4.78 is 24.5. The molecule has 0 aliphatic heterocycles. The molecule has 1 aromatic carbocycles. The second kappa shape index (κ2) is 8.08. The van der Waals surface area contributed by atoms with E-state index in [1.165, 1.54) is 12.1 Å². The summed E-state index contributed by atoms with van der Waals surface area (Å²) in [5, 5.41) is 0. The molecule has 0 aliphatic rings. The molecule has 2 nitrogen and oxygen atoms in total. The molecule has 0 unspecified atom stereocenters. The largest absolute Gasteiger partial charge is 0.352 e. The van der Waals surface area contributed by atoms with Crippen molar-refractivity contribution >= 4 is 27.7 Å². The van der Waals surface area contributed by atoms with Gasteiger partial charge in [-0.2, -0.15) is 0 Å². The molecule has 0 aromatic heterocycles. The zero-order valence-electron chi connectivity index (χ0n) is 9.91. The summed E-state index contributed by atoms with van der Waals surface area (Å²) in [6, 6.07) is 4.65. The molecule has 0 N–H and O–H groups in total. The van der Waals surface area contributed by atoms with Crippen LogP contribution in [0.1, 0.15) is 13.8 Å². The Morgan fingerprint density at radius 3 is 2.47 bits per heavy atom. The molecule has 17 heavy (non-hydrogen) atoms. The van der Waals surface area contributed by atoms with Gasteiger partial charge < -0.3 is 9.47 Å². The first-order valence-corrected chi connectivity index (χ1v) is 7.26. The highest BCUT2D eigenvalue weighted by atomic mass is 79.9. The minimum Gasteiger partial charge on any atom is -0.352 e. The minimum absolute atomic E-state index is 0.216. The van der Waals surface area contributed by atoms with Gasteiger partial charge in [0.2, 0.25) is 0 Å². The van der Waals surface area contributed by atoms with Gasteiger partial charge in [-0.25, -0.2) is 4.39 Å². The van der Waals surface area contributed by atoms with Gasteiger partial charge in [0.15, 0.2) is 6.29 Å². The molecule has 0 heterocycles. The first-order chi connectivity index (χ1) is 8.17. The predicted molar refractivity (Wildman–Crippen MR) is 71.9 cm³/mol. The molecule has 0 saturated heterocycles. The molecule has 0 atom stereocenters. The Morgan fingerprint density at radius 1 is 1.29 bits per heavy atom. The van der Waals surface area contributed by atoms with Crippen molar-refractivity contribution in [2.45, 2.75) is 25.0 Å². The molecule has 96 valence electrons. The van der Waals surface area contributed by atoms with Crippen LogP contribution < -0.4 is 0 Å². The summed E-state index contributed by atoms with van der Waals surface area (Å²) in [7, 11) is 0. The molecule has 0 saturated carbocycles. The number of ether oxygens (including phenoxy) is 2. The monoisotopic (exact) mass is 322 g/mol. The number of hydrogen-bond donors (Lipinski definition) is 0. The lowest BCUT2D eigenvalue weighted by Crippen LogP contribution is -2.19. The summed E-state index contributed by atoms with van der Waals surface area (Å²) in [5.41, 5.74) is 0. The lowest BCUT2D eigenvalue weighted by Gasteiger charge is -2.16. The summed E-state index contributed by atoms with van der Waals surface area (Å²) in [5.74, 6) is 0.443. The van der Waals surface area contributed by atoms with Crippen LogP contribution in [0.3, 0.4) is 0 Å². The molecule has 1 rings (SSSR count). The summed E-state index contributed by atoms with van der Waals surface area (Å²) >= 11 is 4.91. The summed E-state index contributed by atoms with van der Waals surface area (Å²) in [6.07, 6.45) is -0.216. The third-order valence-corrected chi connectivity index (χ3v) is 4.00. The SMILES string of the molecule is CCOC(CSc1ccc(F)cc1Br)OCC. The number of halogens is 2. The van der Waals surface area contributed by atoms with Gasteiger partial charge >= 0.3 is 0 Å². The van der Waals surface area contributed by atoms with Crippen LogP contribution in [0.15, 0.2) is 27.6 Å². The number of thioether (sulfide) groups is 1. The van der Waals surface area contributed by atoms with E-state index in [0.29, 0.717) is 19.0 Å². The Hall–Kier alpha value is -0.100. The highest BCUT2D eigenvalue weighted by Crippen LogP contribution is 2.29. The van der Waals surface area contributed by atoms with Crippen molar-refractivity contribution in [3.63, 3.8) is 0 Å². The fourth-order valence-electron chi connectivity index (χ4n) is 1.27. The Morgan fingerprint density at radius 2 is 1.94 bits per heavy atom. The number of rotatable bonds is 7. The Balaban J connectivity index is 2.52. The highest BCUT2D eigenvalue weighted by molar-refractivity contribution is 9.10. The van der Waals surface area contributed by atoms with E-state index in [-0.39, 0.29) is 12.1 Å². The summed E-state index contributed by atoms with van der Waals surface area (Å²) in [6.45, 7) is 5.11. The van der Waals surface area contributed by atoms with Gasteiger partial charge in [-0.15, -0.1) is 11.8 Å². The maximum Gasteiger partial charge on any atom is 0.166 e. The maximum atomic E-state index is 12.9. The second-order valence-electron chi connectivity index (χ2n) is 3.23. The lowest BCUT2D eigenvalue weighted by molar-refractivity contribution is -0.120. The van der Waals surface area contributed by atoms with Gasteiger partial charge in [-0.1, -0.05) is 0 Å². The average molecular weight is 323 g/mol. The zero-order valence-corrected chi connectivity index (χ0v) is 12.3. The fourth-order valence-corrected chi connectivity index (χ4v) is 2.83. The van der Waals surface area contributed by atoms with Gasteiger partial charge in [-0.3, -0.25) is 0 Å². The van der Waals surface area contributed by atoms with Crippen molar-refractivity contribution in [1.29, 1.82) is 0 Å². The highest BCUT2D eigenvalue weighted by Gasteiger charge is 2.10. The van der Waals surface area contributed by atoms with E-state index in [9.17, 15) is 4.39 Å². The topological polar surface area (TPSA) is 18.5 Å². The molecule has 0 radical (unpaired) electrons. The minimum atomic E-state index is -0.243. The molecule has 0 aliphatic carbocycles. The van der Waals surface area contributed by atoms with Crippen molar-refractivity contribution in [1.82, 2.24) is 0 Å². The Kier molecular flexibility index (Phi) is 7.11. The van der Waals surface area contributed by atoms with Crippen LogP contribution >= 0.6 is 27.7 Å². The normalized spacial score (nSPS) is 11.1. The molecular weight excluding hydrogens is 307 g/mol. The van der Waals surface area contributed by atoms with Crippen LogP contribution in [0.25, 0.3) is 0 Å². The maximum absolute atomic E-state index is 12.9. The van der Waals surface area contributed by atoms with Crippen molar-refractivity contribution in [2.24, 2.45) is 0 Å². The second-order valence-corrected chi connectivity index (χ2v) is 5.14. The first kappa shape index (κ1) is 15.0. The predicted octanol–water partition coefficient (Wildman–Crippen LogP) is 4.08. The van der Waals surface area contributed by atoms with Gasteiger partial charge in [0.05, 0.1) is 0 Å². The van der Waals surface area contributed by atoms with E-state index < -0.39 is 0 Å². The van der Waals surface area contributed by atoms with Gasteiger partial charge in [0.25, 0.3) is 0 Å². The quantitative estimate of drug-likeness (QED) is 0.556. The first-order valence-electron chi connectivity index (χ1n) is 5.48. The van der Waals surface area contributed by atoms with Gasteiger partial charge in [-0.05, 0) is 48.0 Å². The lowest BCUT2D eigenvalue weighted by atomic mass is 10.3. The summed E-state index contributed by atoms with van der Waals surface area (Å²) in [4.78, 5) is 0.982. The number of hydrogen-bond acceptors (Lipinski definition) is 3. The van der Waals surface area contributed by atoms with Crippen LogP contribution in [0, 0.1) is 5.82 Å². The van der Waals surface area contributed by atoms with E-state index in [4.69, 9.17) is 9.47 Å². The fraction of sp³-hybridized carbons (Fsp3) is 0.500. The van der Waals surface area contributed by atoms with E-state index in [1.54, 1.807) is 17.8 Å². The Bertz CT molecular complexity index is 343. The zero-order chi connectivity index (χ0) is 12.7. The van der Waals surface area contributed by atoms with Crippen LogP contribution in [0.2, 0.25) is 0 Å². The van der Waals surface area contributed by atoms with Crippen LogP contribution in [-0.4, -0.2) is 25.3 Å². The Labute approximate surface area is 114 Å². The average Bonchev–Trinajstić information content (AvgIpc) is 2.28.